The van der Waals surface area contributed by atoms with E-state index >= 15 is 0 Å². The summed E-state index contributed by atoms with van der Waals surface area (Å²) in [5.41, 5.74) is 0.516. The van der Waals surface area contributed by atoms with Crippen LogP contribution in [0.15, 0.2) is 36.5 Å². The van der Waals surface area contributed by atoms with Gasteiger partial charge in [-0.1, -0.05) is 0 Å². The van der Waals surface area contributed by atoms with E-state index in [-0.39, 0.29) is 5.69 Å². The summed E-state index contributed by atoms with van der Waals surface area (Å²) in [6, 6.07) is 6.90. The van der Waals surface area contributed by atoms with E-state index in [0.717, 1.165) is 18.0 Å². The maximum atomic E-state index is 12.4. The molecule has 0 saturated carbocycles. The highest BCUT2D eigenvalue weighted by atomic mass is 19.4. The molecule has 0 spiro atoms. The summed E-state index contributed by atoms with van der Waals surface area (Å²) in [7, 11) is 0. The quantitative estimate of drug-likeness (QED) is 0.474. The highest BCUT2D eigenvalue weighted by Gasteiger charge is 2.30. The maximum absolute atomic E-state index is 12.4. The molecule has 2 aromatic rings. The molecule has 6 nitrogen and oxygen atoms in total. The van der Waals surface area contributed by atoms with Gasteiger partial charge in [0.05, 0.1) is 10.5 Å². The van der Waals surface area contributed by atoms with Gasteiger partial charge in [-0.15, -0.1) is 0 Å². The third kappa shape index (κ3) is 4.58. The zero-order valence-corrected chi connectivity index (χ0v) is 12.7. The van der Waals surface area contributed by atoms with E-state index in [4.69, 9.17) is 0 Å². The van der Waals surface area contributed by atoms with Gasteiger partial charge in [-0.05, 0) is 31.2 Å². The van der Waals surface area contributed by atoms with E-state index in [1.54, 1.807) is 19.1 Å². The molecule has 0 radical (unpaired) electrons. The Morgan fingerprint density at radius 1 is 1.17 bits per heavy atom. The van der Waals surface area contributed by atoms with Gasteiger partial charge in [0.2, 0.25) is 0 Å². The zero-order valence-electron chi connectivity index (χ0n) is 12.7. The first-order valence-corrected chi connectivity index (χ1v) is 7.03. The molecule has 0 saturated heterocycles. The number of aromatic nitrogens is 1. The number of nitrogens with zero attached hydrogens (tertiary/aromatic N) is 2. The Balaban J connectivity index is 1.83. The Hall–Kier alpha value is -2.84. The van der Waals surface area contributed by atoms with Gasteiger partial charge in [0.25, 0.3) is 5.69 Å². The van der Waals surface area contributed by atoms with Crippen LogP contribution in [-0.4, -0.2) is 23.0 Å². The lowest BCUT2D eigenvalue weighted by Gasteiger charge is -2.10. The van der Waals surface area contributed by atoms with E-state index < -0.39 is 16.7 Å². The van der Waals surface area contributed by atoms with Crippen molar-refractivity contribution in [3.05, 3.63) is 57.8 Å². The van der Waals surface area contributed by atoms with Crippen molar-refractivity contribution in [2.24, 2.45) is 0 Å². The molecule has 2 N–H and O–H groups in total. The van der Waals surface area contributed by atoms with Crippen LogP contribution in [0.2, 0.25) is 0 Å². The summed E-state index contributed by atoms with van der Waals surface area (Å²) in [6.45, 7) is 2.54. The summed E-state index contributed by atoms with van der Waals surface area (Å²) in [5, 5.41) is 16.7. The fourth-order valence-corrected chi connectivity index (χ4v) is 2.03. The molecule has 1 heterocycles. The van der Waals surface area contributed by atoms with E-state index in [2.05, 4.69) is 15.6 Å². The van der Waals surface area contributed by atoms with Crippen molar-refractivity contribution in [2.45, 2.75) is 13.1 Å². The number of rotatable bonds is 6. The van der Waals surface area contributed by atoms with Crippen molar-refractivity contribution in [2.75, 3.05) is 23.7 Å². The zero-order chi connectivity index (χ0) is 17.7. The molecule has 0 aliphatic heterocycles. The van der Waals surface area contributed by atoms with Gasteiger partial charge >= 0.3 is 6.18 Å². The standard InChI is InChI=1S/C15H15F3N4O2/c1-10-8-12(3-4-13(10)22(23)24)19-6-7-20-14-5-2-11(9-21-14)15(16,17)18/h2-5,8-9,19H,6-7H2,1H3,(H,20,21). The van der Waals surface area contributed by atoms with Gasteiger partial charge in [-0.25, -0.2) is 4.98 Å². The number of hydrogen-bond acceptors (Lipinski definition) is 5. The van der Waals surface area contributed by atoms with Crippen molar-refractivity contribution in [1.29, 1.82) is 0 Å². The SMILES string of the molecule is Cc1cc(NCCNc2ccc(C(F)(F)F)cn2)ccc1[N+](=O)[O-]. The molecule has 0 fully saturated rings. The van der Waals surface area contributed by atoms with Crippen LogP contribution in [0, 0.1) is 17.0 Å². The topological polar surface area (TPSA) is 80.1 Å². The number of nitro benzene ring substituents is 1. The summed E-state index contributed by atoms with van der Waals surface area (Å²) >= 11 is 0. The van der Waals surface area contributed by atoms with Gasteiger partial charge < -0.3 is 10.6 Å². The molecule has 0 aliphatic rings. The van der Waals surface area contributed by atoms with E-state index in [9.17, 15) is 23.3 Å². The summed E-state index contributed by atoms with van der Waals surface area (Å²) in [6.07, 6.45) is -3.63. The molecule has 0 amide bonds. The van der Waals surface area contributed by atoms with Crippen LogP contribution in [0.1, 0.15) is 11.1 Å². The minimum absolute atomic E-state index is 0.0487. The molecule has 0 atom stereocenters. The predicted molar refractivity (Wildman–Crippen MR) is 84.1 cm³/mol. The summed E-state index contributed by atoms with van der Waals surface area (Å²) < 4.78 is 37.2. The molecule has 0 unspecified atom stereocenters. The monoisotopic (exact) mass is 340 g/mol. The number of benzene rings is 1. The first kappa shape index (κ1) is 17.5. The van der Waals surface area contributed by atoms with Crippen LogP contribution in [0.4, 0.5) is 30.4 Å². The minimum atomic E-state index is -4.40. The van der Waals surface area contributed by atoms with Gasteiger partial charge in [0.15, 0.2) is 0 Å². The van der Waals surface area contributed by atoms with E-state index in [1.807, 2.05) is 0 Å². The second-order valence-electron chi connectivity index (χ2n) is 5.04. The molecule has 1 aromatic heterocycles. The normalized spacial score (nSPS) is 11.2. The van der Waals surface area contributed by atoms with Crippen molar-refractivity contribution >= 4 is 17.2 Å². The maximum Gasteiger partial charge on any atom is 0.417 e. The van der Waals surface area contributed by atoms with Gasteiger partial charge in [0.1, 0.15) is 5.82 Å². The number of anilines is 2. The van der Waals surface area contributed by atoms with Gasteiger partial charge in [-0.3, -0.25) is 10.1 Å². The average Bonchev–Trinajstić information content (AvgIpc) is 2.51. The number of alkyl halides is 3. The third-order valence-electron chi connectivity index (χ3n) is 3.24. The number of nitro groups is 1. The Morgan fingerprint density at radius 2 is 1.88 bits per heavy atom. The van der Waals surface area contributed by atoms with Crippen LogP contribution < -0.4 is 10.6 Å². The fraction of sp³-hybridized carbons (Fsp3) is 0.267. The van der Waals surface area contributed by atoms with Crippen molar-refractivity contribution in [3.63, 3.8) is 0 Å². The lowest BCUT2D eigenvalue weighted by Crippen LogP contribution is -2.15. The van der Waals surface area contributed by atoms with Crippen LogP contribution in [0.3, 0.4) is 0 Å². The number of nitrogens with one attached hydrogen (secondary N) is 2. The first-order valence-electron chi connectivity index (χ1n) is 7.03. The number of hydrogen-bond donors (Lipinski definition) is 2. The Labute approximate surface area is 135 Å². The molecular formula is C15H15F3N4O2. The van der Waals surface area contributed by atoms with Crippen LogP contribution in [-0.2, 0) is 6.18 Å². The highest BCUT2D eigenvalue weighted by Crippen LogP contribution is 2.28. The van der Waals surface area contributed by atoms with Crippen molar-refractivity contribution in [1.82, 2.24) is 4.98 Å². The van der Waals surface area contributed by atoms with Gasteiger partial charge in [-0.2, -0.15) is 13.2 Å². The average molecular weight is 340 g/mol. The van der Waals surface area contributed by atoms with Crippen molar-refractivity contribution in [3.8, 4) is 0 Å². The summed E-state index contributed by atoms with van der Waals surface area (Å²) in [4.78, 5) is 14.0. The molecule has 0 aliphatic carbocycles. The second kappa shape index (κ2) is 7.16. The van der Waals surface area contributed by atoms with E-state index in [1.165, 1.54) is 12.1 Å². The Kier molecular flexibility index (Phi) is 5.22. The highest BCUT2D eigenvalue weighted by molar-refractivity contribution is 5.53. The largest absolute Gasteiger partial charge is 0.417 e. The third-order valence-corrected chi connectivity index (χ3v) is 3.24. The van der Waals surface area contributed by atoms with Crippen molar-refractivity contribution < 1.29 is 18.1 Å². The number of halogens is 3. The van der Waals surface area contributed by atoms with E-state index in [0.29, 0.717) is 24.5 Å². The predicted octanol–water partition coefficient (Wildman–Crippen LogP) is 3.84. The lowest BCUT2D eigenvalue weighted by molar-refractivity contribution is -0.385. The number of aryl methyl sites for hydroxylation is 1. The lowest BCUT2D eigenvalue weighted by atomic mass is 10.2. The molecular weight excluding hydrogens is 325 g/mol. The minimum Gasteiger partial charge on any atom is -0.383 e. The number of pyridine rings is 1. The first-order chi connectivity index (χ1) is 11.3. The molecule has 1 aromatic carbocycles. The Morgan fingerprint density at radius 3 is 2.42 bits per heavy atom. The molecule has 2 rings (SSSR count). The smallest absolute Gasteiger partial charge is 0.383 e. The van der Waals surface area contributed by atoms with Crippen LogP contribution in [0.25, 0.3) is 0 Å². The molecule has 0 bridgehead atoms. The molecule has 9 heteroatoms. The Bertz CT molecular complexity index is 718. The molecule has 128 valence electrons. The fourth-order valence-electron chi connectivity index (χ4n) is 2.03. The van der Waals surface area contributed by atoms with Gasteiger partial charge in [0, 0.05) is 36.6 Å². The van der Waals surface area contributed by atoms with Crippen LogP contribution >= 0.6 is 0 Å². The second-order valence-corrected chi connectivity index (χ2v) is 5.04. The summed E-state index contributed by atoms with van der Waals surface area (Å²) in [5.74, 6) is 0.338. The molecule has 24 heavy (non-hydrogen) atoms. The van der Waals surface area contributed by atoms with Crippen LogP contribution in [0.5, 0.6) is 0 Å².